The fraction of sp³-hybridized carbons (Fsp3) is 0.0476. The van der Waals surface area contributed by atoms with Gasteiger partial charge in [-0.15, -0.1) is 0 Å². The van der Waals surface area contributed by atoms with Gasteiger partial charge in [-0.2, -0.15) is 0 Å². The first-order valence-corrected chi connectivity index (χ1v) is 8.91. The third-order valence-corrected chi connectivity index (χ3v) is 3.18. The summed E-state index contributed by atoms with van der Waals surface area (Å²) < 4.78 is -1.61. The first-order chi connectivity index (χ1) is 11.9. The van der Waals surface area contributed by atoms with Crippen LogP contribution >= 0.6 is 46.4 Å². The van der Waals surface area contributed by atoms with Crippen LogP contribution in [0.15, 0.2) is 84.9 Å². The van der Waals surface area contributed by atoms with Crippen LogP contribution in [0.3, 0.4) is 0 Å². The molecule has 4 aromatic rings. The predicted molar refractivity (Wildman–Crippen MR) is 112 cm³/mol. The second-order valence-corrected chi connectivity index (χ2v) is 8.35. The van der Waals surface area contributed by atoms with Gasteiger partial charge >= 0.3 is 0 Å². The molecule has 0 fully saturated rings. The van der Waals surface area contributed by atoms with E-state index >= 15 is 0 Å². The Bertz CT molecular complexity index is 812. The summed E-state index contributed by atoms with van der Waals surface area (Å²) in [5.41, 5.74) is 0. The number of halogens is 4. The number of hydrogen-bond acceptors (Lipinski definition) is 0. The van der Waals surface area contributed by atoms with Gasteiger partial charge in [-0.05, 0) is 33.7 Å². The van der Waals surface area contributed by atoms with E-state index in [-0.39, 0.29) is 0 Å². The monoisotopic (exact) mass is 406 g/mol. The van der Waals surface area contributed by atoms with Crippen molar-refractivity contribution in [2.24, 2.45) is 0 Å². The number of rotatable bonds is 0. The molecule has 0 unspecified atom stereocenters. The summed E-state index contributed by atoms with van der Waals surface area (Å²) in [4.78, 5) is 0. The third-order valence-electron chi connectivity index (χ3n) is 3.18. The molecule has 0 bridgehead atoms. The van der Waals surface area contributed by atoms with Crippen LogP contribution < -0.4 is 0 Å². The molecular weight excluding hydrogens is 394 g/mol. The quantitative estimate of drug-likeness (QED) is 0.205. The molecule has 0 spiro atoms. The van der Waals surface area contributed by atoms with Crippen LogP contribution in [0.5, 0.6) is 0 Å². The molecule has 0 aliphatic rings. The summed E-state index contributed by atoms with van der Waals surface area (Å²) in [5.74, 6) is 0. The van der Waals surface area contributed by atoms with Crippen LogP contribution in [0.4, 0.5) is 0 Å². The zero-order chi connectivity index (χ0) is 18.1. The molecule has 126 valence electrons. The zero-order valence-electron chi connectivity index (χ0n) is 13.1. The van der Waals surface area contributed by atoms with E-state index in [4.69, 9.17) is 46.4 Å². The molecule has 0 aliphatic carbocycles. The molecule has 0 N–H and O–H groups in total. The maximum absolute atomic E-state index is 4.83. The second kappa shape index (κ2) is 9.89. The Morgan fingerprint density at radius 1 is 0.600 bits per heavy atom. The van der Waals surface area contributed by atoms with E-state index in [0.29, 0.717) is 0 Å². The summed E-state index contributed by atoms with van der Waals surface area (Å²) in [7, 11) is 0. The number of alkyl halides is 4. The topological polar surface area (TPSA) is 0 Å². The third kappa shape index (κ3) is 7.54. The number of fused-ring (bicyclic) bond motifs is 3. The minimum Gasteiger partial charge on any atom is -0.0664 e. The minimum atomic E-state index is -1.61. The van der Waals surface area contributed by atoms with Crippen LogP contribution in [-0.2, 0) is 0 Å². The van der Waals surface area contributed by atoms with Gasteiger partial charge in [-0.1, -0.05) is 131 Å². The molecule has 0 heterocycles. The molecule has 0 nitrogen and oxygen atoms in total. The van der Waals surface area contributed by atoms with E-state index in [9.17, 15) is 0 Å². The number of hydrogen-bond donors (Lipinski definition) is 0. The molecule has 0 atom stereocenters. The van der Waals surface area contributed by atoms with Gasteiger partial charge < -0.3 is 0 Å². The summed E-state index contributed by atoms with van der Waals surface area (Å²) in [5, 5.41) is 5.07. The Balaban J connectivity index is 0.000000171. The van der Waals surface area contributed by atoms with Crippen LogP contribution in [0, 0.1) is 12.1 Å². The molecule has 4 rings (SSSR count). The van der Waals surface area contributed by atoms with E-state index < -0.39 is 3.25 Å². The highest BCUT2D eigenvalue weighted by molar-refractivity contribution is 6.83. The zero-order valence-corrected chi connectivity index (χ0v) is 16.1. The highest BCUT2D eigenvalue weighted by Gasteiger charge is 2.11. The average Bonchev–Trinajstić information content (AvgIpc) is 2.62. The fourth-order valence-corrected chi connectivity index (χ4v) is 2.23. The summed E-state index contributed by atoms with van der Waals surface area (Å²) >= 11 is 19.3. The van der Waals surface area contributed by atoms with E-state index in [1.165, 1.54) is 21.5 Å². The van der Waals surface area contributed by atoms with Gasteiger partial charge in [0.15, 0.2) is 0 Å². The van der Waals surface area contributed by atoms with E-state index in [1.807, 2.05) is 42.5 Å². The number of benzene rings is 4. The van der Waals surface area contributed by atoms with Gasteiger partial charge in [0.05, 0.1) is 0 Å². The lowest BCUT2D eigenvalue weighted by Crippen LogP contribution is -1.81. The van der Waals surface area contributed by atoms with Crippen molar-refractivity contribution in [1.29, 1.82) is 0 Å². The second-order valence-electron chi connectivity index (χ2n) is 4.92. The van der Waals surface area contributed by atoms with Crippen LogP contribution in [-0.4, -0.2) is 3.25 Å². The Labute approximate surface area is 167 Å². The van der Waals surface area contributed by atoms with Crippen molar-refractivity contribution in [3.05, 3.63) is 97.1 Å². The molecule has 0 amide bonds. The Morgan fingerprint density at radius 3 is 1.84 bits per heavy atom. The molecule has 25 heavy (non-hydrogen) atoms. The molecule has 0 aliphatic heterocycles. The first-order valence-electron chi connectivity index (χ1n) is 7.40. The fourth-order valence-electron chi connectivity index (χ4n) is 2.23. The summed E-state index contributed by atoms with van der Waals surface area (Å²) in [6.07, 6.45) is 0. The van der Waals surface area contributed by atoms with Crippen molar-refractivity contribution >= 4 is 67.9 Å². The molecule has 0 saturated carbocycles. The van der Waals surface area contributed by atoms with Crippen LogP contribution in [0.2, 0.25) is 0 Å². The minimum absolute atomic E-state index is 1.19. The predicted octanol–water partition coefficient (Wildman–Crippen LogP) is 7.83. The smallest absolute Gasteiger partial charge is 0.0664 e. The molecular formula is C21H14Cl4. The lowest BCUT2D eigenvalue weighted by Gasteiger charge is -2.01. The van der Waals surface area contributed by atoms with Crippen molar-refractivity contribution in [3.8, 4) is 0 Å². The molecule has 0 saturated heterocycles. The maximum Gasteiger partial charge on any atom is 0.266 e. The van der Waals surface area contributed by atoms with Gasteiger partial charge in [0.1, 0.15) is 0 Å². The summed E-state index contributed by atoms with van der Waals surface area (Å²) in [6, 6.07) is 34.6. The largest absolute Gasteiger partial charge is 0.266 e. The van der Waals surface area contributed by atoms with Crippen molar-refractivity contribution in [2.75, 3.05) is 0 Å². The molecule has 4 heteroatoms. The van der Waals surface area contributed by atoms with E-state index in [2.05, 4.69) is 54.6 Å². The lowest BCUT2D eigenvalue weighted by atomic mass is 10.0. The van der Waals surface area contributed by atoms with Crippen LogP contribution in [0.1, 0.15) is 0 Å². The van der Waals surface area contributed by atoms with Gasteiger partial charge in [-0.3, -0.25) is 0 Å². The lowest BCUT2D eigenvalue weighted by molar-refractivity contribution is 1.70. The highest BCUT2D eigenvalue weighted by Crippen LogP contribution is 2.29. The van der Waals surface area contributed by atoms with Crippen molar-refractivity contribution in [1.82, 2.24) is 0 Å². The van der Waals surface area contributed by atoms with Crippen molar-refractivity contribution < 1.29 is 0 Å². The van der Waals surface area contributed by atoms with E-state index in [1.54, 1.807) is 0 Å². The van der Waals surface area contributed by atoms with E-state index in [0.717, 1.165) is 0 Å². The average molecular weight is 408 g/mol. The Hall–Kier alpha value is -1.44. The van der Waals surface area contributed by atoms with Gasteiger partial charge in [0, 0.05) is 0 Å². The Kier molecular flexibility index (Phi) is 7.87. The normalized spacial score (nSPS) is 10.4. The molecule has 0 aromatic heterocycles. The van der Waals surface area contributed by atoms with Crippen LogP contribution in [0.25, 0.3) is 21.5 Å². The standard InChI is InChI=1S/C14H9.C6H5.CCl4/c1-3-7-13-11(5-1)9-10-12-6-2-4-8-14(12)13;1-2-4-6-5-3-1;2-1(3,4)5/h1-5,7-10H;1-5H;. The van der Waals surface area contributed by atoms with Gasteiger partial charge in [-0.25, -0.2) is 0 Å². The van der Waals surface area contributed by atoms with Gasteiger partial charge in [0.25, 0.3) is 3.25 Å². The van der Waals surface area contributed by atoms with Gasteiger partial charge in [0.2, 0.25) is 0 Å². The summed E-state index contributed by atoms with van der Waals surface area (Å²) in [6.45, 7) is 0. The highest BCUT2D eigenvalue weighted by atomic mass is 35.6. The Morgan fingerprint density at radius 2 is 1.24 bits per heavy atom. The molecule has 4 aromatic carbocycles. The first kappa shape index (κ1) is 19.9. The molecule has 2 radical (unpaired) electrons. The van der Waals surface area contributed by atoms with Crippen molar-refractivity contribution in [2.45, 2.75) is 3.25 Å². The maximum atomic E-state index is 4.83. The van der Waals surface area contributed by atoms with Crippen molar-refractivity contribution in [3.63, 3.8) is 0 Å². The SMILES string of the molecule is ClC(Cl)(Cl)Cl.[c]1cccc2c1ccc1ccccc12.[c]1ccccc1.